The van der Waals surface area contributed by atoms with E-state index in [-0.39, 0.29) is 6.10 Å². The molecule has 1 saturated carbocycles. The molecule has 0 spiro atoms. The largest absolute Gasteiger partial charge is 0.393 e. The summed E-state index contributed by atoms with van der Waals surface area (Å²) in [5.41, 5.74) is 2.85. The van der Waals surface area contributed by atoms with Crippen LogP contribution in [-0.2, 0) is 6.42 Å². The molecule has 2 nitrogen and oxygen atoms in total. The highest BCUT2D eigenvalue weighted by Gasteiger charge is 2.36. The van der Waals surface area contributed by atoms with Crippen LogP contribution in [0.4, 0.5) is 5.69 Å². The average Bonchev–Trinajstić information content (AvgIpc) is 2.69. The average molecular weight is 273 g/mol. The van der Waals surface area contributed by atoms with Crippen molar-refractivity contribution in [1.82, 2.24) is 0 Å². The molecule has 0 radical (unpaired) electrons. The minimum atomic E-state index is -0.131. The summed E-state index contributed by atoms with van der Waals surface area (Å²) in [6.45, 7) is 7.90. The van der Waals surface area contributed by atoms with E-state index < -0.39 is 0 Å². The van der Waals surface area contributed by atoms with Gasteiger partial charge in [-0.3, -0.25) is 0 Å². The Morgan fingerprint density at radius 2 is 1.90 bits per heavy atom. The van der Waals surface area contributed by atoms with Gasteiger partial charge in [-0.25, -0.2) is 0 Å². The molecule has 0 saturated heterocycles. The lowest BCUT2D eigenvalue weighted by Crippen LogP contribution is -2.44. The number of benzene rings is 1. The predicted molar refractivity (Wildman–Crippen MR) is 84.0 cm³/mol. The normalized spacial score (nSPS) is 37.0. The third-order valence-electron chi connectivity index (χ3n) is 5.40. The van der Waals surface area contributed by atoms with E-state index in [4.69, 9.17) is 0 Å². The zero-order valence-electron chi connectivity index (χ0n) is 12.9. The lowest BCUT2D eigenvalue weighted by Gasteiger charge is -2.40. The lowest BCUT2D eigenvalue weighted by molar-refractivity contribution is 0.0196. The molecule has 5 atom stereocenters. The van der Waals surface area contributed by atoms with Crippen LogP contribution in [0.1, 0.15) is 39.2 Å². The van der Waals surface area contributed by atoms with Gasteiger partial charge in [-0.05, 0) is 49.7 Å². The van der Waals surface area contributed by atoms with Crippen LogP contribution in [0.5, 0.6) is 0 Å². The summed E-state index contributed by atoms with van der Waals surface area (Å²) in [4.78, 5) is 2.52. The molecule has 110 valence electrons. The van der Waals surface area contributed by atoms with E-state index in [9.17, 15) is 5.11 Å². The van der Waals surface area contributed by atoms with Crippen LogP contribution in [0, 0.1) is 17.8 Å². The maximum absolute atomic E-state index is 10.5. The van der Waals surface area contributed by atoms with Gasteiger partial charge in [0.05, 0.1) is 6.10 Å². The van der Waals surface area contributed by atoms with Gasteiger partial charge in [0.1, 0.15) is 0 Å². The predicted octanol–water partition coefficient (Wildman–Crippen LogP) is 3.48. The van der Waals surface area contributed by atoms with Crippen LogP contribution >= 0.6 is 0 Å². The van der Waals surface area contributed by atoms with Gasteiger partial charge in [0.15, 0.2) is 0 Å². The molecule has 2 heteroatoms. The Morgan fingerprint density at radius 1 is 1.15 bits per heavy atom. The van der Waals surface area contributed by atoms with Gasteiger partial charge >= 0.3 is 0 Å². The smallest absolute Gasteiger partial charge is 0.0590 e. The molecule has 0 bridgehead atoms. The lowest BCUT2D eigenvalue weighted by atomic mass is 9.73. The maximum Gasteiger partial charge on any atom is 0.0590 e. The quantitative estimate of drug-likeness (QED) is 0.891. The van der Waals surface area contributed by atoms with E-state index in [0.717, 1.165) is 19.4 Å². The minimum absolute atomic E-state index is 0.131. The fourth-order valence-corrected chi connectivity index (χ4v) is 4.31. The second-order valence-electron chi connectivity index (χ2n) is 7.12. The van der Waals surface area contributed by atoms with Crippen molar-refractivity contribution in [2.24, 2.45) is 17.8 Å². The van der Waals surface area contributed by atoms with Gasteiger partial charge in [-0.1, -0.05) is 32.0 Å². The molecule has 1 heterocycles. The third-order valence-corrected chi connectivity index (χ3v) is 5.40. The Hall–Kier alpha value is -1.02. The highest BCUT2D eigenvalue weighted by molar-refractivity contribution is 5.59. The van der Waals surface area contributed by atoms with Gasteiger partial charge < -0.3 is 10.0 Å². The van der Waals surface area contributed by atoms with Crippen LogP contribution in [0.15, 0.2) is 24.3 Å². The van der Waals surface area contributed by atoms with Gasteiger partial charge in [-0.15, -0.1) is 0 Å². The fourth-order valence-electron chi connectivity index (χ4n) is 4.31. The highest BCUT2D eigenvalue weighted by Crippen LogP contribution is 2.38. The fraction of sp³-hybridized carbons (Fsp3) is 0.667. The monoisotopic (exact) mass is 273 g/mol. The van der Waals surface area contributed by atoms with Crippen molar-refractivity contribution in [3.8, 4) is 0 Å². The van der Waals surface area contributed by atoms with E-state index >= 15 is 0 Å². The molecule has 1 aromatic rings. The van der Waals surface area contributed by atoms with Crippen LogP contribution in [-0.4, -0.2) is 23.8 Å². The van der Waals surface area contributed by atoms with E-state index in [1.165, 1.54) is 17.7 Å². The molecular weight excluding hydrogens is 246 g/mol. The highest BCUT2D eigenvalue weighted by atomic mass is 16.3. The number of aliphatic hydroxyl groups is 1. The van der Waals surface area contributed by atoms with Gasteiger partial charge in [0.2, 0.25) is 0 Å². The standard InChI is InChI=1S/C18H27NO/c1-12-8-13(2)16(18(20)9-12)11-19-14(3)10-15-6-4-5-7-17(15)19/h4-7,12-14,16,18,20H,8-11H2,1-3H3. The first-order chi connectivity index (χ1) is 9.56. The summed E-state index contributed by atoms with van der Waals surface area (Å²) in [5.74, 6) is 1.70. The molecule has 1 aromatic carbocycles. The molecule has 1 aliphatic carbocycles. The molecule has 0 aromatic heterocycles. The minimum Gasteiger partial charge on any atom is -0.393 e. The Kier molecular flexibility index (Phi) is 3.76. The van der Waals surface area contributed by atoms with Gasteiger partial charge in [0, 0.05) is 24.2 Å². The second-order valence-corrected chi connectivity index (χ2v) is 7.12. The molecule has 2 aliphatic rings. The first-order valence-electron chi connectivity index (χ1n) is 8.09. The van der Waals surface area contributed by atoms with Crippen molar-refractivity contribution in [3.05, 3.63) is 29.8 Å². The van der Waals surface area contributed by atoms with Crippen LogP contribution in [0.3, 0.4) is 0 Å². The number of para-hydroxylation sites is 1. The van der Waals surface area contributed by atoms with Crippen molar-refractivity contribution < 1.29 is 5.11 Å². The van der Waals surface area contributed by atoms with Crippen molar-refractivity contribution in [2.45, 2.75) is 52.2 Å². The molecule has 1 aliphatic heterocycles. The SMILES string of the molecule is CC1CC(C)C(CN2c3ccccc3CC2C)C(O)C1. The van der Waals surface area contributed by atoms with Gasteiger partial charge in [-0.2, -0.15) is 0 Å². The van der Waals surface area contributed by atoms with Crippen molar-refractivity contribution in [3.63, 3.8) is 0 Å². The van der Waals surface area contributed by atoms with Crippen LogP contribution in [0.2, 0.25) is 0 Å². The molecule has 1 fully saturated rings. The Morgan fingerprint density at radius 3 is 2.65 bits per heavy atom. The Balaban J connectivity index is 1.77. The molecular formula is C18H27NO. The third kappa shape index (κ3) is 2.46. The van der Waals surface area contributed by atoms with Crippen LogP contribution < -0.4 is 4.90 Å². The van der Waals surface area contributed by atoms with Crippen LogP contribution in [0.25, 0.3) is 0 Å². The number of aliphatic hydroxyl groups excluding tert-OH is 1. The van der Waals surface area contributed by atoms with E-state index in [1.807, 2.05) is 0 Å². The Bertz CT molecular complexity index is 460. The van der Waals surface area contributed by atoms with E-state index in [1.54, 1.807) is 0 Å². The number of rotatable bonds is 2. The zero-order chi connectivity index (χ0) is 14.3. The summed E-state index contributed by atoms with van der Waals surface area (Å²) in [6, 6.07) is 9.31. The van der Waals surface area contributed by atoms with Crippen molar-refractivity contribution in [1.29, 1.82) is 0 Å². The number of nitrogens with zero attached hydrogens (tertiary/aromatic N) is 1. The number of hydrogen-bond acceptors (Lipinski definition) is 2. The maximum atomic E-state index is 10.5. The number of fused-ring (bicyclic) bond motifs is 1. The first kappa shape index (κ1) is 13.9. The summed E-state index contributed by atoms with van der Waals surface area (Å²) >= 11 is 0. The van der Waals surface area contributed by atoms with Crippen molar-refractivity contribution in [2.75, 3.05) is 11.4 Å². The van der Waals surface area contributed by atoms with Crippen molar-refractivity contribution >= 4 is 5.69 Å². The summed E-state index contributed by atoms with van der Waals surface area (Å²) in [5, 5.41) is 10.5. The Labute approximate surface area is 122 Å². The number of hydrogen-bond donors (Lipinski definition) is 1. The first-order valence-corrected chi connectivity index (χ1v) is 8.09. The summed E-state index contributed by atoms with van der Waals surface area (Å²) in [6.07, 6.45) is 3.24. The summed E-state index contributed by atoms with van der Waals surface area (Å²) < 4.78 is 0. The van der Waals surface area contributed by atoms with E-state index in [0.29, 0.717) is 23.8 Å². The topological polar surface area (TPSA) is 23.5 Å². The molecule has 5 unspecified atom stereocenters. The molecule has 1 N–H and O–H groups in total. The zero-order valence-corrected chi connectivity index (χ0v) is 12.9. The summed E-state index contributed by atoms with van der Waals surface area (Å²) in [7, 11) is 0. The molecule has 3 rings (SSSR count). The van der Waals surface area contributed by atoms with Gasteiger partial charge in [0.25, 0.3) is 0 Å². The molecule has 20 heavy (non-hydrogen) atoms. The second kappa shape index (κ2) is 5.40. The molecule has 0 amide bonds. The number of anilines is 1. The van der Waals surface area contributed by atoms with E-state index in [2.05, 4.69) is 49.9 Å².